The first-order valence-corrected chi connectivity index (χ1v) is 18.7. The van der Waals surface area contributed by atoms with Gasteiger partial charge in [0.2, 0.25) is 0 Å². The number of piperidine rings is 1. The van der Waals surface area contributed by atoms with Crippen molar-refractivity contribution in [1.29, 1.82) is 0 Å². The van der Waals surface area contributed by atoms with E-state index in [-0.39, 0.29) is 53.8 Å². The summed E-state index contributed by atoms with van der Waals surface area (Å²) in [4.78, 5) is 45.5. The molecule has 0 aliphatic carbocycles. The van der Waals surface area contributed by atoms with Crippen molar-refractivity contribution in [2.75, 3.05) is 67.5 Å². The average molecular weight is 704 g/mol. The number of hydrogen-bond donors (Lipinski definition) is 2. The van der Waals surface area contributed by atoms with Crippen molar-refractivity contribution in [3.05, 3.63) is 46.2 Å². The Morgan fingerprint density at radius 3 is 2.39 bits per heavy atom. The van der Waals surface area contributed by atoms with Gasteiger partial charge >= 0.3 is 6.09 Å². The predicted molar refractivity (Wildman–Crippen MR) is 188 cm³/mol. The number of rotatable bonds is 13. The molecule has 15 heteroatoms. The zero-order chi connectivity index (χ0) is 35.6. The van der Waals surface area contributed by atoms with Crippen LogP contribution in [0.4, 0.5) is 4.79 Å². The van der Waals surface area contributed by atoms with Gasteiger partial charge in [0.05, 0.1) is 25.3 Å². The highest BCUT2D eigenvalue weighted by atomic mass is 32.2. The molecule has 49 heavy (non-hydrogen) atoms. The third-order valence-electron chi connectivity index (χ3n) is 10.5. The number of likely N-dealkylation sites (N-methyl/N-ethyl adjacent to an activating group) is 1. The van der Waals surface area contributed by atoms with Crippen LogP contribution in [-0.2, 0) is 14.9 Å². The summed E-state index contributed by atoms with van der Waals surface area (Å²) >= 11 is 0. The third-order valence-corrected chi connectivity index (χ3v) is 12.4. The molecule has 2 bridgehead atoms. The minimum Gasteiger partial charge on any atom is -0.453 e. The summed E-state index contributed by atoms with van der Waals surface area (Å²) in [5.74, 6) is -0.355. The summed E-state index contributed by atoms with van der Waals surface area (Å²) in [6, 6.07) is 9.30. The quantitative estimate of drug-likeness (QED) is 0.317. The number of hydrogen-bond acceptors (Lipinski definition) is 9. The molecule has 272 valence electrons. The number of amides is 2. The topological polar surface area (TPSA) is 148 Å². The van der Waals surface area contributed by atoms with E-state index in [9.17, 15) is 27.9 Å². The van der Waals surface area contributed by atoms with Crippen molar-refractivity contribution in [2.24, 2.45) is 0 Å². The zero-order valence-electron chi connectivity index (χ0n) is 29.6. The average Bonchev–Trinajstić information content (AvgIpc) is 3.62. The second-order valence-electron chi connectivity index (χ2n) is 14.2. The lowest BCUT2D eigenvalue weighted by Gasteiger charge is -2.40. The highest BCUT2D eigenvalue weighted by molar-refractivity contribution is 7.86. The Kier molecular flexibility index (Phi) is 11.7. The highest BCUT2D eigenvalue weighted by Gasteiger charge is 2.42. The number of carbonyl (C=O) groups is 2. The lowest BCUT2D eigenvalue weighted by molar-refractivity contribution is 0.0301. The predicted octanol–water partition coefficient (Wildman–Crippen LogP) is 1.55. The molecule has 5 rings (SSSR count). The van der Waals surface area contributed by atoms with Crippen molar-refractivity contribution in [3.8, 4) is 0 Å². The molecular weight excluding hydrogens is 650 g/mol. The normalized spacial score (nSPS) is 23.9. The number of pyridine rings is 1. The Morgan fingerprint density at radius 2 is 1.76 bits per heavy atom. The number of carbonyl (C=O) groups excluding carboxylic acids is 2. The van der Waals surface area contributed by atoms with Crippen LogP contribution in [0.2, 0.25) is 0 Å². The molecule has 1 aromatic carbocycles. The zero-order valence-corrected chi connectivity index (χ0v) is 30.4. The molecule has 3 aliphatic rings. The van der Waals surface area contributed by atoms with E-state index >= 15 is 0 Å². The monoisotopic (exact) mass is 703 g/mol. The summed E-state index contributed by atoms with van der Waals surface area (Å²) in [5, 5.41) is 15.2. The number of methoxy groups -OCH3 is 1. The van der Waals surface area contributed by atoms with Crippen molar-refractivity contribution in [1.82, 2.24) is 33.2 Å². The van der Waals surface area contributed by atoms with Crippen molar-refractivity contribution in [2.45, 2.75) is 82.3 Å². The van der Waals surface area contributed by atoms with Crippen LogP contribution in [0, 0.1) is 0 Å². The number of aliphatic hydroxyl groups excluding tert-OH is 1. The number of nitrogens with one attached hydrogen (secondary N) is 1. The van der Waals surface area contributed by atoms with E-state index in [4.69, 9.17) is 4.74 Å². The van der Waals surface area contributed by atoms with Crippen molar-refractivity contribution in [3.63, 3.8) is 0 Å². The molecule has 2 aromatic rings. The standard InChI is InChI=1S/C34H53N7O7S/c1-23(2)41-31-10-8-7-9-24(31)17-30(33(41)44)32(43)35-25-18-26-11-12-27(19-25)40(26)22-29(42)21-39(34(45)48-6)16-15-38-14-13-28(20-38)37(5)49(46,47)36(3)4/h7-10,17,23,25-29,42H,11-16,18-22H2,1-6H3,(H,35,43)/t25-,26-,27+,28?,29?. The van der Waals surface area contributed by atoms with Crippen LogP contribution < -0.4 is 10.9 Å². The summed E-state index contributed by atoms with van der Waals surface area (Å²) in [6.45, 7) is 6.52. The Morgan fingerprint density at radius 1 is 1.08 bits per heavy atom. The summed E-state index contributed by atoms with van der Waals surface area (Å²) in [5.41, 5.74) is 0.662. The Hall–Kier alpha value is -3.08. The molecule has 0 radical (unpaired) electrons. The van der Waals surface area contributed by atoms with E-state index in [0.717, 1.165) is 36.6 Å². The van der Waals surface area contributed by atoms with Crippen LogP contribution in [0.25, 0.3) is 10.9 Å². The van der Waals surface area contributed by atoms with Gasteiger partial charge in [-0.05, 0) is 70.0 Å². The lowest BCUT2D eigenvalue weighted by atomic mass is 9.96. The minimum absolute atomic E-state index is 0.0839. The van der Waals surface area contributed by atoms with Crippen molar-refractivity contribution >= 4 is 33.1 Å². The van der Waals surface area contributed by atoms with Crippen LogP contribution in [0.3, 0.4) is 0 Å². The molecule has 2 amide bonds. The van der Waals surface area contributed by atoms with Gasteiger partial charge in [0.1, 0.15) is 5.56 Å². The maximum absolute atomic E-state index is 13.5. The number of nitrogens with zero attached hydrogens (tertiary/aromatic N) is 6. The number of fused-ring (bicyclic) bond motifs is 3. The molecule has 3 fully saturated rings. The molecule has 1 aromatic heterocycles. The van der Waals surface area contributed by atoms with Gasteiger partial charge in [-0.15, -0.1) is 0 Å². The molecule has 0 spiro atoms. The smallest absolute Gasteiger partial charge is 0.409 e. The van der Waals surface area contributed by atoms with Gasteiger partial charge in [0.25, 0.3) is 21.7 Å². The molecule has 3 aliphatic heterocycles. The van der Waals surface area contributed by atoms with Crippen LogP contribution in [0.1, 0.15) is 62.4 Å². The maximum Gasteiger partial charge on any atom is 0.409 e. The second-order valence-corrected chi connectivity index (χ2v) is 16.4. The maximum atomic E-state index is 13.5. The molecule has 2 unspecified atom stereocenters. The van der Waals surface area contributed by atoms with E-state index in [1.54, 1.807) is 17.7 Å². The summed E-state index contributed by atoms with van der Waals surface area (Å²) in [7, 11) is 2.43. The number of aliphatic hydroxyl groups is 1. The van der Waals surface area contributed by atoms with Crippen LogP contribution in [-0.4, -0.2) is 151 Å². The third kappa shape index (κ3) is 8.12. The minimum atomic E-state index is -3.52. The molecular formula is C34H53N7O7S. The summed E-state index contributed by atoms with van der Waals surface area (Å²) in [6.07, 6.45) is 2.72. The Bertz CT molecular complexity index is 1650. The van der Waals surface area contributed by atoms with Gasteiger partial charge in [-0.1, -0.05) is 18.2 Å². The van der Waals surface area contributed by atoms with E-state index in [2.05, 4.69) is 15.1 Å². The van der Waals surface area contributed by atoms with Crippen LogP contribution in [0.15, 0.2) is 35.1 Å². The Balaban J connectivity index is 1.15. The van der Waals surface area contributed by atoms with Crippen LogP contribution in [0.5, 0.6) is 0 Å². The Labute approximate surface area is 289 Å². The molecule has 14 nitrogen and oxygen atoms in total. The lowest BCUT2D eigenvalue weighted by Crippen LogP contribution is -2.54. The number of para-hydroxylation sites is 1. The van der Waals surface area contributed by atoms with E-state index < -0.39 is 22.4 Å². The fraction of sp³-hybridized carbons (Fsp3) is 0.676. The van der Waals surface area contributed by atoms with Gasteiger partial charge in [0, 0.05) is 77.5 Å². The van der Waals surface area contributed by atoms with Crippen molar-refractivity contribution < 1.29 is 27.9 Å². The van der Waals surface area contributed by atoms with E-state index in [0.29, 0.717) is 39.1 Å². The molecule has 0 saturated carbocycles. The number of benzene rings is 1. The largest absolute Gasteiger partial charge is 0.453 e. The number of ether oxygens (including phenoxy) is 1. The number of aromatic nitrogens is 1. The van der Waals surface area contributed by atoms with Gasteiger partial charge in [-0.2, -0.15) is 17.0 Å². The molecule has 3 saturated heterocycles. The SMILES string of the molecule is COC(=O)N(CCN1CCC(N(C)S(=O)(=O)N(C)C)C1)CC(O)CN1[C@@H]2CC[C@H]1C[C@H](NC(=O)c1cc3ccccc3n(C(C)C)c1=O)C2. The van der Waals surface area contributed by atoms with E-state index in [1.165, 1.54) is 34.7 Å². The number of likely N-dealkylation sites (tertiary alicyclic amines) is 1. The fourth-order valence-electron chi connectivity index (χ4n) is 7.88. The van der Waals surface area contributed by atoms with E-state index in [1.807, 2.05) is 38.1 Å². The summed E-state index contributed by atoms with van der Waals surface area (Å²) < 4.78 is 34.4. The molecule has 2 N–H and O–H groups in total. The molecule has 5 atom stereocenters. The van der Waals surface area contributed by atoms with Gasteiger partial charge in [0.15, 0.2) is 0 Å². The van der Waals surface area contributed by atoms with Gasteiger partial charge in [-0.3, -0.25) is 19.4 Å². The first-order chi connectivity index (χ1) is 23.2. The van der Waals surface area contributed by atoms with Crippen LogP contribution >= 0.6 is 0 Å². The van der Waals surface area contributed by atoms with Gasteiger partial charge < -0.3 is 24.6 Å². The highest BCUT2D eigenvalue weighted by Crippen LogP contribution is 2.36. The second kappa shape index (κ2) is 15.4. The first-order valence-electron chi connectivity index (χ1n) is 17.3. The van der Waals surface area contributed by atoms with Gasteiger partial charge in [-0.25, -0.2) is 4.79 Å². The molecule has 4 heterocycles. The fourth-order valence-corrected chi connectivity index (χ4v) is 8.94. The first kappa shape index (κ1) is 37.2.